The fraction of sp³-hybridized carbons (Fsp3) is 0.333. The standard InChI is InChI=1S/C9H10BIO3/c1-5(2)6-3-4-7(13-10)9(14-11)8(6)12/h3-5,12H,1-2H3. The van der Waals surface area contributed by atoms with Crippen molar-refractivity contribution in [2.75, 3.05) is 0 Å². The molecule has 0 saturated heterocycles. The number of aromatic hydroxyl groups is 1. The maximum Gasteiger partial charge on any atom is 0.374 e. The van der Waals surface area contributed by atoms with Gasteiger partial charge in [0.15, 0.2) is 28.8 Å². The first-order valence-electron chi connectivity index (χ1n) is 4.13. The lowest BCUT2D eigenvalue weighted by Crippen LogP contribution is -1.94. The lowest BCUT2D eigenvalue weighted by molar-refractivity contribution is 0.438. The zero-order valence-corrected chi connectivity index (χ0v) is 10.1. The molecule has 5 heteroatoms. The predicted molar refractivity (Wildman–Crippen MR) is 63.2 cm³/mol. The Morgan fingerprint density at radius 3 is 2.50 bits per heavy atom. The minimum absolute atomic E-state index is 0.0809. The summed E-state index contributed by atoms with van der Waals surface area (Å²) in [6.45, 7) is 3.96. The van der Waals surface area contributed by atoms with Crippen molar-refractivity contribution < 1.29 is 12.8 Å². The fourth-order valence-electron chi connectivity index (χ4n) is 1.20. The van der Waals surface area contributed by atoms with Gasteiger partial charge in [0.2, 0.25) is 5.75 Å². The van der Waals surface area contributed by atoms with Crippen LogP contribution in [0.5, 0.6) is 17.2 Å². The van der Waals surface area contributed by atoms with Crippen molar-refractivity contribution in [1.29, 1.82) is 0 Å². The van der Waals surface area contributed by atoms with Crippen LogP contribution in [-0.4, -0.2) is 13.2 Å². The molecule has 0 amide bonds. The fourth-order valence-corrected chi connectivity index (χ4v) is 1.63. The SMILES string of the molecule is [B]Oc1ccc(C(C)C)c(O)c1OI. The quantitative estimate of drug-likeness (QED) is 0.689. The van der Waals surface area contributed by atoms with Gasteiger partial charge in [-0.05, 0) is 12.0 Å². The second-order valence-corrected chi connectivity index (χ2v) is 3.62. The second kappa shape index (κ2) is 4.77. The van der Waals surface area contributed by atoms with E-state index in [1.54, 1.807) is 35.1 Å². The predicted octanol–water partition coefficient (Wildman–Crippen LogP) is 2.71. The number of phenolic OH excluding ortho intramolecular Hbond substituents is 1. The van der Waals surface area contributed by atoms with Crippen LogP contribution in [0.2, 0.25) is 0 Å². The molecule has 0 unspecified atom stereocenters. The lowest BCUT2D eigenvalue weighted by Gasteiger charge is -2.13. The van der Waals surface area contributed by atoms with E-state index >= 15 is 0 Å². The summed E-state index contributed by atoms with van der Waals surface area (Å²) in [5.74, 6) is 0.880. The van der Waals surface area contributed by atoms with Gasteiger partial charge in [-0.15, -0.1) is 0 Å². The molecule has 0 aromatic heterocycles. The third-order valence-corrected chi connectivity index (χ3v) is 2.39. The molecule has 0 bridgehead atoms. The van der Waals surface area contributed by atoms with E-state index in [-0.39, 0.29) is 17.4 Å². The largest absolute Gasteiger partial charge is 0.565 e. The van der Waals surface area contributed by atoms with Gasteiger partial charge in [0.25, 0.3) is 0 Å². The molecule has 0 saturated carbocycles. The zero-order chi connectivity index (χ0) is 10.7. The Kier molecular flexibility index (Phi) is 3.91. The van der Waals surface area contributed by atoms with Crippen LogP contribution < -0.4 is 7.72 Å². The van der Waals surface area contributed by atoms with E-state index in [1.807, 2.05) is 13.8 Å². The molecular weight excluding hydrogens is 294 g/mol. The van der Waals surface area contributed by atoms with Crippen LogP contribution in [0.3, 0.4) is 0 Å². The third kappa shape index (κ3) is 2.08. The Hall–Kier alpha value is -0.585. The van der Waals surface area contributed by atoms with E-state index in [9.17, 15) is 5.11 Å². The summed E-state index contributed by atoms with van der Waals surface area (Å²) in [5.41, 5.74) is 0.803. The smallest absolute Gasteiger partial charge is 0.374 e. The molecule has 0 aliphatic rings. The number of halogens is 1. The highest BCUT2D eigenvalue weighted by molar-refractivity contribution is 14.1. The average molecular weight is 304 g/mol. The third-order valence-electron chi connectivity index (χ3n) is 1.95. The molecule has 0 fully saturated rings. The molecule has 0 spiro atoms. The zero-order valence-electron chi connectivity index (χ0n) is 7.95. The summed E-state index contributed by atoms with van der Waals surface area (Å²) in [6, 6.07) is 3.43. The van der Waals surface area contributed by atoms with E-state index in [0.29, 0.717) is 5.75 Å². The van der Waals surface area contributed by atoms with Gasteiger partial charge >= 0.3 is 8.05 Å². The number of phenols is 1. The highest BCUT2D eigenvalue weighted by atomic mass is 127. The number of hydrogen-bond acceptors (Lipinski definition) is 3. The van der Waals surface area contributed by atoms with Crippen LogP contribution in [0.1, 0.15) is 25.3 Å². The topological polar surface area (TPSA) is 38.7 Å². The van der Waals surface area contributed by atoms with Crippen molar-refractivity contribution in [2.24, 2.45) is 0 Å². The van der Waals surface area contributed by atoms with Crippen LogP contribution >= 0.6 is 23.0 Å². The monoisotopic (exact) mass is 304 g/mol. The molecule has 0 heterocycles. The Morgan fingerprint density at radius 2 is 2.07 bits per heavy atom. The van der Waals surface area contributed by atoms with Gasteiger partial charge in [-0.25, -0.2) is 0 Å². The first kappa shape index (κ1) is 11.5. The molecular formula is C9H10BIO3. The first-order valence-corrected chi connectivity index (χ1v) is 5.01. The molecule has 1 aromatic rings. The van der Waals surface area contributed by atoms with Gasteiger partial charge in [-0.3, -0.25) is 0 Å². The second-order valence-electron chi connectivity index (χ2n) is 3.18. The molecule has 0 atom stereocenters. The Balaban J connectivity index is 3.27. The van der Waals surface area contributed by atoms with Gasteiger partial charge in [-0.1, -0.05) is 19.9 Å². The Bertz CT molecular complexity index is 328. The average Bonchev–Trinajstić information content (AvgIpc) is 2.16. The van der Waals surface area contributed by atoms with E-state index in [0.717, 1.165) is 5.56 Å². The summed E-state index contributed by atoms with van der Waals surface area (Å²) in [5, 5.41) is 9.81. The lowest BCUT2D eigenvalue weighted by atomic mass is 10.0. The van der Waals surface area contributed by atoms with Crippen LogP contribution in [0.25, 0.3) is 0 Å². The maximum absolute atomic E-state index is 9.81. The van der Waals surface area contributed by atoms with Crippen LogP contribution in [-0.2, 0) is 0 Å². The van der Waals surface area contributed by atoms with Crippen LogP contribution in [0.15, 0.2) is 12.1 Å². The van der Waals surface area contributed by atoms with E-state index in [2.05, 4.69) is 4.65 Å². The molecule has 1 N–H and O–H groups in total. The van der Waals surface area contributed by atoms with E-state index in [4.69, 9.17) is 11.1 Å². The summed E-state index contributed by atoms with van der Waals surface area (Å²) in [7, 11) is 5.03. The summed E-state index contributed by atoms with van der Waals surface area (Å²) >= 11 is 1.67. The number of benzene rings is 1. The normalized spacial score (nSPS) is 10.3. The van der Waals surface area contributed by atoms with E-state index < -0.39 is 0 Å². The number of rotatable bonds is 3. The highest BCUT2D eigenvalue weighted by Gasteiger charge is 2.15. The Labute approximate surface area is 98.5 Å². The minimum Gasteiger partial charge on any atom is -0.565 e. The number of hydrogen-bond donors (Lipinski definition) is 1. The van der Waals surface area contributed by atoms with Crippen molar-refractivity contribution in [1.82, 2.24) is 0 Å². The Morgan fingerprint density at radius 1 is 1.43 bits per heavy atom. The molecule has 74 valence electrons. The molecule has 3 nitrogen and oxygen atoms in total. The summed E-state index contributed by atoms with van der Waals surface area (Å²) in [6.07, 6.45) is 0. The van der Waals surface area contributed by atoms with Crippen molar-refractivity contribution >= 4 is 31.1 Å². The summed E-state index contributed by atoms with van der Waals surface area (Å²) in [4.78, 5) is 0. The molecule has 14 heavy (non-hydrogen) atoms. The maximum atomic E-state index is 9.81. The van der Waals surface area contributed by atoms with Gasteiger partial charge in [-0.2, -0.15) is 0 Å². The van der Waals surface area contributed by atoms with Gasteiger partial charge in [0.1, 0.15) is 5.75 Å². The van der Waals surface area contributed by atoms with Crippen molar-refractivity contribution in [3.63, 3.8) is 0 Å². The molecule has 0 aliphatic carbocycles. The molecule has 0 aliphatic heterocycles. The van der Waals surface area contributed by atoms with Gasteiger partial charge in [0.05, 0.1) is 0 Å². The highest BCUT2D eigenvalue weighted by Crippen LogP contribution is 2.42. The van der Waals surface area contributed by atoms with Crippen LogP contribution in [0, 0.1) is 0 Å². The minimum atomic E-state index is 0.0809. The van der Waals surface area contributed by atoms with Crippen molar-refractivity contribution in [2.45, 2.75) is 19.8 Å². The molecule has 1 aromatic carbocycles. The van der Waals surface area contributed by atoms with Crippen molar-refractivity contribution in [3.05, 3.63) is 17.7 Å². The van der Waals surface area contributed by atoms with Gasteiger partial charge < -0.3 is 12.8 Å². The first-order chi connectivity index (χ1) is 6.61. The molecule has 2 radical (unpaired) electrons. The van der Waals surface area contributed by atoms with E-state index in [1.165, 1.54) is 0 Å². The molecule has 1 rings (SSSR count). The summed E-state index contributed by atoms with van der Waals surface area (Å²) < 4.78 is 9.53. The van der Waals surface area contributed by atoms with Gasteiger partial charge in [0, 0.05) is 5.56 Å². The van der Waals surface area contributed by atoms with Crippen molar-refractivity contribution in [3.8, 4) is 17.2 Å². The van der Waals surface area contributed by atoms with Crippen LogP contribution in [0.4, 0.5) is 0 Å².